The Morgan fingerprint density at radius 3 is 2.46 bits per heavy atom. The van der Waals surface area contributed by atoms with Crippen molar-refractivity contribution in [2.75, 3.05) is 13.1 Å². The van der Waals surface area contributed by atoms with E-state index in [0.29, 0.717) is 0 Å². The summed E-state index contributed by atoms with van der Waals surface area (Å²) in [7, 11) is -3.39. The van der Waals surface area contributed by atoms with E-state index >= 15 is 0 Å². The van der Waals surface area contributed by atoms with Crippen LogP contribution in [0.2, 0.25) is 0 Å². The van der Waals surface area contributed by atoms with Crippen LogP contribution in [0.4, 0.5) is 0 Å². The molecule has 0 fully saturated rings. The summed E-state index contributed by atoms with van der Waals surface area (Å²) in [4.78, 5) is 10.3. The van der Waals surface area contributed by atoms with Crippen molar-refractivity contribution in [2.24, 2.45) is 11.5 Å². The second kappa shape index (κ2) is 5.15. The van der Waals surface area contributed by atoms with E-state index in [4.69, 9.17) is 11.5 Å². The first kappa shape index (κ1) is 12.3. The molecule has 0 rings (SSSR count). The molecule has 0 aliphatic heterocycles. The fourth-order valence-corrected chi connectivity index (χ4v) is 1.51. The van der Waals surface area contributed by atoms with Crippen LogP contribution in [0.15, 0.2) is 0 Å². The second-order valence-electron chi connectivity index (χ2n) is 2.70. The average molecular weight is 209 g/mol. The largest absolute Gasteiger partial charge is 0.370 e. The molecule has 1 unspecified atom stereocenters. The number of nitrogens with two attached hydrogens (primary N) is 2. The van der Waals surface area contributed by atoms with Crippen molar-refractivity contribution < 1.29 is 13.2 Å². The van der Waals surface area contributed by atoms with Gasteiger partial charge in [0, 0.05) is 19.5 Å². The number of carbonyl (C=O) groups excluding carboxylic acids is 1. The van der Waals surface area contributed by atoms with Gasteiger partial charge in [-0.15, -0.1) is 0 Å². The summed E-state index contributed by atoms with van der Waals surface area (Å²) in [5.74, 6) is -0.539. The van der Waals surface area contributed by atoms with E-state index in [1.807, 2.05) is 0 Å². The first-order valence-electron chi connectivity index (χ1n) is 3.87. The second-order valence-corrected chi connectivity index (χ2v) is 4.89. The number of sulfonamides is 1. The Morgan fingerprint density at radius 2 is 2.08 bits per heavy atom. The zero-order valence-corrected chi connectivity index (χ0v) is 8.30. The predicted molar refractivity (Wildman–Crippen MR) is 49.3 cm³/mol. The number of primary amides is 1. The summed E-state index contributed by atoms with van der Waals surface area (Å²) < 4.78 is 24.6. The first-order valence-corrected chi connectivity index (χ1v) is 5.41. The molecule has 5 N–H and O–H groups in total. The maximum Gasteiger partial charge on any atom is 0.218 e. The zero-order chi connectivity index (χ0) is 10.5. The molecule has 0 spiro atoms. The number of amides is 1. The van der Waals surface area contributed by atoms with E-state index in [1.54, 1.807) is 0 Å². The molecular weight excluding hydrogens is 194 g/mol. The quantitative estimate of drug-likeness (QED) is 0.475. The van der Waals surface area contributed by atoms with Gasteiger partial charge in [-0.2, -0.15) is 0 Å². The highest BCUT2D eigenvalue weighted by molar-refractivity contribution is 7.90. The monoisotopic (exact) mass is 209 g/mol. The van der Waals surface area contributed by atoms with Crippen molar-refractivity contribution in [3.8, 4) is 0 Å². The molecule has 0 bridgehead atoms. The first-order chi connectivity index (χ1) is 5.90. The van der Waals surface area contributed by atoms with Crippen molar-refractivity contribution in [1.29, 1.82) is 0 Å². The Bertz CT molecular complexity index is 262. The van der Waals surface area contributed by atoms with Gasteiger partial charge in [0.1, 0.15) is 0 Å². The summed E-state index contributed by atoms with van der Waals surface area (Å²) in [6.07, 6.45) is -0.00345. The van der Waals surface area contributed by atoms with Crippen LogP contribution in [-0.4, -0.2) is 32.7 Å². The highest BCUT2D eigenvalue weighted by Crippen LogP contribution is 1.94. The molecule has 0 saturated carbocycles. The molecule has 7 heteroatoms. The Balaban J connectivity index is 3.97. The molecule has 0 heterocycles. The lowest BCUT2D eigenvalue weighted by molar-refractivity contribution is -0.117. The topological polar surface area (TPSA) is 115 Å². The van der Waals surface area contributed by atoms with E-state index < -0.39 is 21.2 Å². The smallest absolute Gasteiger partial charge is 0.218 e. The van der Waals surface area contributed by atoms with Crippen molar-refractivity contribution in [3.63, 3.8) is 0 Å². The Hall–Kier alpha value is -0.660. The van der Waals surface area contributed by atoms with Crippen molar-refractivity contribution in [2.45, 2.75) is 18.6 Å². The Morgan fingerprint density at radius 1 is 1.54 bits per heavy atom. The van der Waals surface area contributed by atoms with Gasteiger partial charge in [0.25, 0.3) is 0 Å². The number of hydrogen-bond donors (Lipinski definition) is 3. The molecule has 0 aromatic carbocycles. The fraction of sp³-hybridized carbons (Fsp3) is 0.833. The minimum atomic E-state index is -3.39. The molecule has 0 aromatic rings. The molecule has 0 aromatic heterocycles. The van der Waals surface area contributed by atoms with Crippen molar-refractivity contribution in [1.82, 2.24) is 4.72 Å². The van der Waals surface area contributed by atoms with Gasteiger partial charge in [-0.3, -0.25) is 4.79 Å². The molecule has 1 amide bonds. The van der Waals surface area contributed by atoms with Gasteiger partial charge in [0.15, 0.2) is 0 Å². The summed E-state index contributed by atoms with van der Waals surface area (Å²) in [6.45, 7) is 1.57. The summed E-state index contributed by atoms with van der Waals surface area (Å²) in [5.41, 5.74) is 10.0. The summed E-state index contributed by atoms with van der Waals surface area (Å²) in [6, 6.07) is 0. The number of nitrogens with one attached hydrogen (secondary N) is 1. The van der Waals surface area contributed by atoms with Gasteiger partial charge in [-0.1, -0.05) is 0 Å². The average Bonchev–Trinajstić information content (AvgIpc) is 2.01. The van der Waals surface area contributed by atoms with Crippen LogP contribution < -0.4 is 16.2 Å². The van der Waals surface area contributed by atoms with Gasteiger partial charge in [0.05, 0.1) is 5.25 Å². The normalized spacial score (nSPS) is 14.0. The van der Waals surface area contributed by atoms with Crippen LogP contribution >= 0.6 is 0 Å². The predicted octanol–water partition coefficient (Wildman–Crippen LogP) is -1.87. The highest BCUT2D eigenvalue weighted by Gasteiger charge is 2.17. The Kier molecular flexibility index (Phi) is 4.89. The number of rotatable bonds is 6. The summed E-state index contributed by atoms with van der Waals surface area (Å²) >= 11 is 0. The molecule has 78 valence electrons. The lowest BCUT2D eigenvalue weighted by Crippen LogP contribution is -2.38. The molecule has 0 aliphatic carbocycles. The standard InChI is InChI=1S/C6H15N3O3S/c1-5(4-7)13(11,12)9-3-2-6(8)10/h5,9H,2-4,7H2,1H3,(H2,8,10). The molecule has 0 aliphatic rings. The maximum atomic E-state index is 11.2. The summed E-state index contributed by atoms with van der Waals surface area (Å²) in [5, 5.41) is -0.652. The van der Waals surface area contributed by atoms with Crippen molar-refractivity contribution in [3.05, 3.63) is 0 Å². The lowest BCUT2D eigenvalue weighted by Gasteiger charge is -2.10. The third-order valence-corrected chi connectivity index (χ3v) is 3.39. The molecule has 13 heavy (non-hydrogen) atoms. The van der Waals surface area contributed by atoms with Crippen LogP contribution in [-0.2, 0) is 14.8 Å². The zero-order valence-electron chi connectivity index (χ0n) is 7.49. The maximum absolute atomic E-state index is 11.2. The molecule has 1 atom stereocenters. The SMILES string of the molecule is CC(CN)S(=O)(=O)NCCC(N)=O. The minimum Gasteiger partial charge on any atom is -0.370 e. The third kappa shape index (κ3) is 4.81. The molecular formula is C6H15N3O3S. The third-order valence-electron chi connectivity index (χ3n) is 1.54. The Labute approximate surface area is 77.7 Å². The van der Waals surface area contributed by atoms with E-state index in [-0.39, 0.29) is 19.5 Å². The van der Waals surface area contributed by atoms with Crippen LogP contribution in [0.3, 0.4) is 0 Å². The van der Waals surface area contributed by atoms with Gasteiger partial charge in [0.2, 0.25) is 15.9 Å². The van der Waals surface area contributed by atoms with E-state index in [9.17, 15) is 13.2 Å². The molecule has 0 saturated heterocycles. The molecule has 6 nitrogen and oxygen atoms in total. The highest BCUT2D eigenvalue weighted by atomic mass is 32.2. The van der Waals surface area contributed by atoms with E-state index in [2.05, 4.69) is 4.72 Å². The van der Waals surface area contributed by atoms with Crippen molar-refractivity contribution >= 4 is 15.9 Å². The fourth-order valence-electron chi connectivity index (χ4n) is 0.585. The van der Waals surface area contributed by atoms with E-state index in [0.717, 1.165) is 0 Å². The van der Waals surface area contributed by atoms with Crippen LogP contribution in [0.25, 0.3) is 0 Å². The van der Waals surface area contributed by atoms with Gasteiger partial charge in [-0.25, -0.2) is 13.1 Å². The number of hydrogen-bond acceptors (Lipinski definition) is 4. The van der Waals surface area contributed by atoms with Crippen LogP contribution in [0.1, 0.15) is 13.3 Å². The van der Waals surface area contributed by atoms with Gasteiger partial charge in [-0.05, 0) is 6.92 Å². The molecule has 0 radical (unpaired) electrons. The van der Waals surface area contributed by atoms with Gasteiger partial charge >= 0.3 is 0 Å². The van der Waals surface area contributed by atoms with E-state index in [1.165, 1.54) is 6.92 Å². The number of carbonyl (C=O) groups is 1. The minimum absolute atomic E-state index is 0.00345. The van der Waals surface area contributed by atoms with Crippen LogP contribution in [0.5, 0.6) is 0 Å². The van der Waals surface area contributed by atoms with Gasteiger partial charge < -0.3 is 11.5 Å². The lowest BCUT2D eigenvalue weighted by atomic mass is 10.4. The van der Waals surface area contributed by atoms with Crippen LogP contribution in [0, 0.1) is 0 Å².